The van der Waals surface area contributed by atoms with E-state index in [1.807, 2.05) is 48.0 Å². The van der Waals surface area contributed by atoms with Gasteiger partial charge >= 0.3 is 0 Å². The molecule has 0 aliphatic rings. The molecule has 0 aliphatic heterocycles. The van der Waals surface area contributed by atoms with Crippen molar-refractivity contribution in [2.45, 2.75) is 31.0 Å². The molecule has 1 atom stereocenters. The number of carbonyl (C=O) groups is 1. The fourth-order valence-corrected chi connectivity index (χ4v) is 5.93. The van der Waals surface area contributed by atoms with Gasteiger partial charge in [-0.1, -0.05) is 48.2 Å². The Kier molecular flexibility index (Phi) is 6.89. The smallest absolute Gasteiger partial charge is 0.263 e. The quantitative estimate of drug-likeness (QED) is 0.293. The lowest BCUT2D eigenvalue weighted by molar-refractivity contribution is -0.119. The zero-order valence-electron chi connectivity index (χ0n) is 17.3. The van der Waals surface area contributed by atoms with E-state index in [-0.39, 0.29) is 23.3 Å². The third-order valence-electron chi connectivity index (χ3n) is 5.01. The highest BCUT2D eigenvalue weighted by molar-refractivity contribution is 7.99. The van der Waals surface area contributed by atoms with Crippen molar-refractivity contribution in [2.75, 3.05) is 5.75 Å². The van der Waals surface area contributed by atoms with Crippen molar-refractivity contribution in [1.29, 1.82) is 0 Å². The van der Waals surface area contributed by atoms with Crippen molar-refractivity contribution in [3.05, 3.63) is 69.1 Å². The molecule has 160 valence electrons. The maximum atomic E-state index is 13.0. The van der Waals surface area contributed by atoms with Gasteiger partial charge in [0.2, 0.25) is 5.91 Å². The minimum Gasteiger partial charge on any atom is -0.353 e. The summed E-state index contributed by atoms with van der Waals surface area (Å²) in [6.07, 6.45) is 1.80. The van der Waals surface area contributed by atoms with E-state index >= 15 is 0 Å². The number of aromatic nitrogens is 2. The van der Waals surface area contributed by atoms with E-state index in [1.54, 1.807) is 23.0 Å². The Morgan fingerprint density at radius 1 is 1.19 bits per heavy atom. The van der Waals surface area contributed by atoms with Gasteiger partial charge in [0.05, 0.1) is 11.1 Å². The molecule has 0 saturated carbocycles. The van der Waals surface area contributed by atoms with Gasteiger partial charge in [-0.2, -0.15) is 0 Å². The first-order valence-corrected chi connectivity index (χ1v) is 12.8. The maximum Gasteiger partial charge on any atom is 0.263 e. The van der Waals surface area contributed by atoms with Crippen LogP contribution in [-0.2, 0) is 18.3 Å². The maximum absolute atomic E-state index is 13.0. The molecular formula is C23H23N3O2S3. The lowest BCUT2D eigenvalue weighted by atomic mass is 10.1. The van der Waals surface area contributed by atoms with Crippen LogP contribution in [0.4, 0.5) is 0 Å². The lowest BCUT2D eigenvalue weighted by Crippen LogP contribution is -2.34. The first-order chi connectivity index (χ1) is 15.0. The number of nitrogens with one attached hydrogen (secondary N) is 1. The van der Waals surface area contributed by atoms with Gasteiger partial charge in [-0.05, 0) is 36.8 Å². The monoisotopic (exact) mass is 469 g/mol. The van der Waals surface area contributed by atoms with Gasteiger partial charge in [0, 0.05) is 28.9 Å². The second kappa shape index (κ2) is 9.80. The molecule has 0 bridgehead atoms. The number of fused-ring (bicyclic) bond motifs is 1. The van der Waals surface area contributed by atoms with Gasteiger partial charge in [0.25, 0.3) is 5.56 Å². The molecule has 4 rings (SSSR count). The lowest BCUT2D eigenvalue weighted by Gasteiger charge is -2.14. The van der Waals surface area contributed by atoms with E-state index in [4.69, 9.17) is 0 Å². The largest absolute Gasteiger partial charge is 0.353 e. The number of rotatable bonds is 8. The third-order valence-corrected chi connectivity index (χ3v) is 7.81. The van der Waals surface area contributed by atoms with Crippen LogP contribution in [0.25, 0.3) is 20.7 Å². The van der Waals surface area contributed by atoms with Crippen LogP contribution >= 0.6 is 34.4 Å². The van der Waals surface area contributed by atoms with Crippen LogP contribution in [0.1, 0.15) is 18.9 Å². The first-order valence-electron chi connectivity index (χ1n) is 10.0. The van der Waals surface area contributed by atoms with E-state index in [9.17, 15) is 9.59 Å². The van der Waals surface area contributed by atoms with Crippen LogP contribution < -0.4 is 10.9 Å². The van der Waals surface area contributed by atoms with Crippen molar-refractivity contribution >= 4 is 50.6 Å². The molecule has 1 N–H and O–H groups in total. The minimum atomic E-state index is -0.0752. The van der Waals surface area contributed by atoms with Crippen LogP contribution in [0.5, 0.6) is 0 Å². The Balaban J connectivity index is 1.39. The molecule has 0 fully saturated rings. The van der Waals surface area contributed by atoms with E-state index in [0.29, 0.717) is 15.4 Å². The Bertz CT molecular complexity index is 1230. The predicted octanol–water partition coefficient (Wildman–Crippen LogP) is 4.95. The highest BCUT2D eigenvalue weighted by Gasteiger charge is 2.17. The molecule has 0 saturated heterocycles. The summed E-state index contributed by atoms with van der Waals surface area (Å²) >= 11 is 4.37. The van der Waals surface area contributed by atoms with Gasteiger partial charge in [-0.15, -0.1) is 22.7 Å². The average Bonchev–Trinajstić information content (AvgIpc) is 3.44. The Morgan fingerprint density at radius 3 is 2.74 bits per heavy atom. The van der Waals surface area contributed by atoms with Gasteiger partial charge in [0.15, 0.2) is 5.16 Å². The number of hydrogen-bond acceptors (Lipinski definition) is 6. The average molecular weight is 470 g/mol. The van der Waals surface area contributed by atoms with Crippen LogP contribution in [0.3, 0.4) is 0 Å². The number of benzene rings is 1. The zero-order valence-corrected chi connectivity index (χ0v) is 19.8. The van der Waals surface area contributed by atoms with Gasteiger partial charge in [-0.3, -0.25) is 14.2 Å². The Labute approximate surface area is 193 Å². The van der Waals surface area contributed by atoms with Crippen molar-refractivity contribution in [3.63, 3.8) is 0 Å². The SMILES string of the molecule is CC(CCc1ccccc1)NC(=O)CSc1nc2scc(-c3cccs3)c2c(=O)n1C. The zero-order chi connectivity index (χ0) is 21.8. The number of amides is 1. The predicted molar refractivity (Wildman–Crippen MR) is 131 cm³/mol. The standard InChI is InChI=1S/C23H23N3O2S3/c1-15(10-11-16-7-4-3-5-8-16)24-19(27)14-31-23-25-21-20(22(28)26(23)2)17(13-30-21)18-9-6-12-29-18/h3-9,12-13,15H,10-11,14H2,1-2H3,(H,24,27). The summed E-state index contributed by atoms with van der Waals surface area (Å²) < 4.78 is 1.54. The fourth-order valence-electron chi connectivity index (χ4n) is 3.34. The Hall–Kier alpha value is -2.42. The van der Waals surface area contributed by atoms with Crippen molar-refractivity contribution < 1.29 is 4.79 Å². The molecule has 4 aromatic rings. The molecular weight excluding hydrogens is 446 g/mol. The molecule has 0 radical (unpaired) electrons. The molecule has 1 aromatic carbocycles. The number of aryl methyl sites for hydroxylation is 1. The molecule has 0 aliphatic carbocycles. The molecule has 5 nitrogen and oxygen atoms in total. The summed E-state index contributed by atoms with van der Waals surface area (Å²) in [5.41, 5.74) is 2.13. The fraction of sp³-hybridized carbons (Fsp3) is 0.261. The van der Waals surface area contributed by atoms with Gasteiger partial charge in [0.1, 0.15) is 4.83 Å². The topological polar surface area (TPSA) is 64.0 Å². The third kappa shape index (κ3) is 5.08. The number of carbonyl (C=O) groups excluding carboxylic acids is 1. The summed E-state index contributed by atoms with van der Waals surface area (Å²) in [7, 11) is 1.72. The summed E-state index contributed by atoms with van der Waals surface area (Å²) in [5, 5.41) is 8.24. The number of nitrogens with zero attached hydrogens (tertiary/aromatic N) is 2. The summed E-state index contributed by atoms with van der Waals surface area (Å²) in [5.74, 6) is 0.176. The van der Waals surface area contributed by atoms with Crippen LogP contribution in [0.2, 0.25) is 0 Å². The Morgan fingerprint density at radius 2 is 2.00 bits per heavy atom. The summed E-state index contributed by atoms with van der Waals surface area (Å²) in [6, 6.07) is 14.3. The first kappa shape index (κ1) is 21.8. The summed E-state index contributed by atoms with van der Waals surface area (Å²) in [6.45, 7) is 2.02. The van der Waals surface area contributed by atoms with Crippen molar-refractivity contribution in [1.82, 2.24) is 14.9 Å². The number of hydrogen-bond donors (Lipinski definition) is 1. The molecule has 31 heavy (non-hydrogen) atoms. The van der Waals surface area contributed by atoms with Crippen molar-refractivity contribution in [3.8, 4) is 10.4 Å². The number of thioether (sulfide) groups is 1. The second-order valence-electron chi connectivity index (χ2n) is 7.35. The van der Waals surface area contributed by atoms with Gasteiger partial charge in [-0.25, -0.2) is 4.98 Å². The van der Waals surface area contributed by atoms with E-state index < -0.39 is 0 Å². The van der Waals surface area contributed by atoms with Crippen LogP contribution in [-0.4, -0.2) is 27.3 Å². The molecule has 3 heterocycles. The molecule has 1 amide bonds. The van der Waals surface area contributed by atoms with Crippen LogP contribution in [0, 0.1) is 0 Å². The molecule has 0 spiro atoms. The van der Waals surface area contributed by atoms with E-state index in [0.717, 1.165) is 23.3 Å². The van der Waals surface area contributed by atoms with Crippen LogP contribution in [0.15, 0.2) is 63.2 Å². The normalized spacial score (nSPS) is 12.2. The van der Waals surface area contributed by atoms with Gasteiger partial charge < -0.3 is 5.32 Å². The van der Waals surface area contributed by atoms with E-state index in [2.05, 4.69) is 22.4 Å². The second-order valence-corrected chi connectivity index (χ2v) is 10.1. The minimum absolute atomic E-state index is 0.0506. The molecule has 8 heteroatoms. The van der Waals surface area contributed by atoms with E-state index in [1.165, 1.54) is 28.7 Å². The summed E-state index contributed by atoms with van der Waals surface area (Å²) in [4.78, 5) is 31.8. The molecule has 1 unspecified atom stereocenters. The highest BCUT2D eigenvalue weighted by Crippen LogP contribution is 2.34. The van der Waals surface area contributed by atoms with Crippen molar-refractivity contribution in [2.24, 2.45) is 7.05 Å². The highest BCUT2D eigenvalue weighted by atomic mass is 32.2. The number of thiophene rings is 2. The molecule has 3 aromatic heterocycles.